The molecule has 0 fully saturated rings. The van der Waals surface area contributed by atoms with Gasteiger partial charge in [-0.15, -0.1) is 0 Å². The number of carbonyl (C=O) groups is 1. The van der Waals surface area contributed by atoms with Gasteiger partial charge in [0.1, 0.15) is 0 Å². The van der Waals surface area contributed by atoms with Gasteiger partial charge in [-0.05, 0) is 78.2 Å². The van der Waals surface area contributed by atoms with Gasteiger partial charge in [-0.25, -0.2) is 0 Å². The van der Waals surface area contributed by atoms with Gasteiger partial charge in [0, 0.05) is 11.5 Å². The van der Waals surface area contributed by atoms with Crippen LogP contribution in [0.5, 0.6) is 0 Å². The highest BCUT2D eigenvalue weighted by molar-refractivity contribution is 6.04. The Balaban J connectivity index is 2.01. The van der Waals surface area contributed by atoms with Gasteiger partial charge in [-0.1, -0.05) is 20.8 Å². The molecule has 1 aromatic rings. The summed E-state index contributed by atoms with van der Waals surface area (Å²) in [5, 5.41) is 0. The molecule has 3 aliphatic rings. The molecule has 1 atom stereocenters. The lowest BCUT2D eigenvalue weighted by Gasteiger charge is -2.23. The molecule has 0 saturated heterocycles. The van der Waals surface area contributed by atoms with Gasteiger partial charge in [-0.2, -0.15) is 0 Å². The lowest BCUT2D eigenvalue weighted by Crippen LogP contribution is -2.14. The van der Waals surface area contributed by atoms with Crippen LogP contribution in [0.3, 0.4) is 0 Å². The first-order chi connectivity index (χ1) is 9.48. The SMILES string of the molecule is CC1Cc2c3c(c4c(c2C1=O)CCCC4)CC(C)(C)C3. The van der Waals surface area contributed by atoms with Crippen LogP contribution in [0.15, 0.2) is 0 Å². The topological polar surface area (TPSA) is 17.1 Å². The molecule has 0 radical (unpaired) electrons. The Morgan fingerprint density at radius 2 is 1.50 bits per heavy atom. The number of hydrogen-bond donors (Lipinski definition) is 0. The number of benzene rings is 1. The van der Waals surface area contributed by atoms with E-state index in [9.17, 15) is 4.79 Å². The van der Waals surface area contributed by atoms with E-state index in [0.29, 0.717) is 11.2 Å². The monoisotopic (exact) mass is 268 g/mol. The van der Waals surface area contributed by atoms with Crippen molar-refractivity contribution in [3.05, 3.63) is 33.4 Å². The van der Waals surface area contributed by atoms with Gasteiger partial charge >= 0.3 is 0 Å². The first-order valence-corrected chi connectivity index (χ1v) is 8.20. The van der Waals surface area contributed by atoms with Crippen LogP contribution in [0.25, 0.3) is 0 Å². The molecule has 3 aliphatic carbocycles. The summed E-state index contributed by atoms with van der Waals surface area (Å²) in [5.74, 6) is 0.650. The van der Waals surface area contributed by atoms with Crippen LogP contribution in [0, 0.1) is 11.3 Å². The van der Waals surface area contributed by atoms with Crippen molar-refractivity contribution >= 4 is 5.78 Å². The Morgan fingerprint density at radius 3 is 2.20 bits per heavy atom. The second-order valence-electron chi connectivity index (χ2n) is 7.96. The minimum absolute atomic E-state index is 0.214. The van der Waals surface area contributed by atoms with Gasteiger partial charge in [0.15, 0.2) is 5.78 Å². The lowest BCUT2D eigenvalue weighted by molar-refractivity contribution is 0.0945. The highest BCUT2D eigenvalue weighted by Crippen LogP contribution is 2.47. The molecule has 1 unspecified atom stereocenters. The number of hydrogen-bond acceptors (Lipinski definition) is 1. The predicted octanol–water partition coefficient (Wildman–Crippen LogP) is 4.07. The molecule has 0 bridgehead atoms. The van der Waals surface area contributed by atoms with Crippen LogP contribution in [-0.4, -0.2) is 5.78 Å². The molecule has 0 N–H and O–H groups in total. The van der Waals surface area contributed by atoms with Crippen LogP contribution in [0.2, 0.25) is 0 Å². The maximum absolute atomic E-state index is 12.6. The number of Topliss-reactive ketones (excluding diaryl/α,β-unsaturated/α-hetero) is 1. The van der Waals surface area contributed by atoms with E-state index in [1.165, 1.54) is 48.8 Å². The van der Waals surface area contributed by atoms with Crippen molar-refractivity contribution in [2.75, 3.05) is 0 Å². The quantitative estimate of drug-likeness (QED) is 0.693. The zero-order valence-corrected chi connectivity index (χ0v) is 12.9. The van der Waals surface area contributed by atoms with Crippen molar-refractivity contribution in [2.24, 2.45) is 11.3 Å². The highest BCUT2D eigenvalue weighted by atomic mass is 16.1. The highest BCUT2D eigenvalue weighted by Gasteiger charge is 2.40. The molecule has 0 saturated carbocycles. The summed E-state index contributed by atoms with van der Waals surface area (Å²) in [6.07, 6.45) is 8.33. The third kappa shape index (κ3) is 1.58. The molecule has 0 spiro atoms. The van der Waals surface area contributed by atoms with Crippen molar-refractivity contribution in [1.29, 1.82) is 0 Å². The van der Waals surface area contributed by atoms with E-state index in [2.05, 4.69) is 20.8 Å². The zero-order valence-electron chi connectivity index (χ0n) is 12.9. The van der Waals surface area contributed by atoms with Gasteiger partial charge in [0.05, 0.1) is 0 Å². The summed E-state index contributed by atoms with van der Waals surface area (Å²) in [6, 6.07) is 0. The summed E-state index contributed by atoms with van der Waals surface area (Å²) in [6.45, 7) is 6.88. The third-order valence-electron chi connectivity index (χ3n) is 5.68. The van der Waals surface area contributed by atoms with Crippen molar-refractivity contribution in [2.45, 2.75) is 65.7 Å². The predicted molar refractivity (Wildman–Crippen MR) is 81.5 cm³/mol. The molecule has 4 rings (SSSR count). The van der Waals surface area contributed by atoms with E-state index in [1.54, 1.807) is 16.7 Å². The summed E-state index contributed by atoms with van der Waals surface area (Å²) in [4.78, 5) is 12.6. The van der Waals surface area contributed by atoms with E-state index >= 15 is 0 Å². The molecule has 0 aliphatic heterocycles. The maximum Gasteiger partial charge on any atom is 0.166 e. The minimum Gasteiger partial charge on any atom is -0.294 e. The molecule has 0 heterocycles. The average molecular weight is 268 g/mol. The van der Waals surface area contributed by atoms with E-state index in [1.807, 2.05) is 0 Å². The van der Waals surface area contributed by atoms with E-state index in [-0.39, 0.29) is 5.92 Å². The summed E-state index contributed by atoms with van der Waals surface area (Å²) < 4.78 is 0. The first kappa shape index (κ1) is 12.6. The molecule has 1 heteroatoms. The molecule has 1 nitrogen and oxygen atoms in total. The third-order valence-corrected chi connectivity index (χ3v) is 5.68. The van der Waals surface area contributed by atoms with Crippen LogP contribution < -0.4 is 0 Å². The molecule has 1 aromatic carbocycles. The average Bonchev–Trinajstić information content (AvgIpc) is 2.88. The number of fused-ring (bicyclic) bond motifs is 6. The molecule has 0 aromatic heterocycles. The Bertz CT molecular complexity index is 621. The Kier molecular flexibility index (Phi) is 2.50. The summed E-state index contributed by atoms with van der Waals surface area (Å²) in [5.41, 5.74) is 9.26. The fraction of sp³-hybridized carbons (Fsp3) is 0.632. The Labute approximate surface area is 121 Å². The van der Waals surface area contributed by atoms with Gasteiger partial charge < -0.3 is 0 Å². The number of carbonyl (C=O) groups excluding carboxylic acids is 1. The van der Waals surface area contributed by atoms with E-state index in [0.717, 1.165) is 12.8 Å². The second kappa shape index (κ2) is 3.96. The Hall–Kier alpha value is -1.11. The fourth-order valence-corrected chi connectivity index (χ4v) is 4.83. The summed E-state index contributed by atoms with van der Waals surface area (Å²) in [7, 11) is 0. The van der Waals surface area contributed by atoms with Crippen LogP contribution >= 0.6 is 0 Å². The fourth-order valence-electron chi connectivity index (χ4n) is 4.83. The van der Waals surface area contributed by atoms with Crippen molar-refractivity contribution in [3.8, 4) is 0 Å². The van der Waals surface area contributed by atoms with Gasteiger partial charge in [0.25, 0.3) is 0 Å². The van der Waals surface area contributed by atoms with Crippen molar-refractivity contribution in [3.63, 3.8) is 0 Å². The van der Waals surface area contributed by atoms with Crippen LogP contribution in [0.4, 0.5) is 0 Å². The largest absolute Gasteiger partial charge is 0.294 e. The molecular formula is C19H24O. The van der Waals surface area contributed by atoms with Crippen molar-refractivity contribution in [1.82, 2.24) is 0 Å². The smallest absolute Gasteiger partial charge is 0.166 e. The molecule has 106 valence electrons. The van der Waals surface area contributed by atoms with Gasteiger partial charge in [-0.3, -0.25) is 4.79 Å². The number of rotatable bonds is 0. The van der Waals surface area contributed by atoms with Gasteiger partial charge in [0.2, 0.25) is 0 Å². The van der Waals surface area contributed by atoms with Crippen LogP contribution in [-0.2, 0) is 32.1 Å². The normalized spacial score (nSPS) is 26.4. The molecule has 0 amide bonds. The first-order valence-electron chi connectivity index (χ1n) is 8.20. The van der Waals surface area contributed by atoms with Crippen LogP contribution in [0.1, 0.15) is 71.8 Å². The minimum atomic E-state index is 0.214. The lowest BCUT2D eigenvalue weighted by atomic mass is 9.81. The zero-order chi connectivity index (χ0) is 14.1. The standard InChI is InChI=1S/C19H24O/c1-11-8-14-16-10-19(2,3)9-15(16)12-6-4-5-7-13(12)17(14)18(11)20/h11H,4-10H2,1-3H3. The van der Waals surface area contributed by atoms with Crippen molar-refractivity contribution < 1.29 is 4.79 Å². The van der Waals surface area contributed by atoms with E-state index in [4.69, 9.17) is 0 Å². The molecule has 20 heavy (non-hydrogen) atoms. The maximum atomic E-state index is 12.6. The summed E-state index contributed by atoms with van der Waals surface area (Å²) >= 11 is 0. The second-order valence-corrected chi connectivity index (χ2v) is 7.96. The van der Waals surface area contributed by atoms with E-state index < -0.39 is 0 Å². The Morgan fingerprint density at radius 1 is 0.900 bits per heavy atom. The number of ketones is 1. The molecular weight excluding hydrogens is 244 g/mol.